The van der Waals surface area contributed by atoms with Crippen molar-refractivity contribution in [1.29, 1.82) is 0 Å². The number of fused-ring (bicyclic) bond motifs is 15. The third-order valence-electron chi connectivity index (χ3n) is 17.4. The molecule has 0 aliphatic carbocycles. The number of nitrogens with one attached hydrogen (secondary N) is 5. The number of ether oxygens (including phenoxy) is 6. The molecule has 0 spiro atoms. The number of esters is 2. The van der Waals surface area contributed by atoms with Gasteiger partial charge in [0, 0.05) is 62.9 Å². The molecule has 11 heterocycles. The van der Waals surface area contributed by atoms with Gasteiger partial charge in [0.1, 0.15) is 126 Å². The summed E-state index contributed by atoms with van der Waals surface area (Å²) >= 11 is 4.46. The van der Waals surface area contributed by atoms with Crippen LogP contribution in [-0.4, -0.2) is 226 Å². The highest BCUT2D eigenvalue weighted by Crippen LogP contribution is 2.43. The van der Waals surface area contributed by atoms with Gasteiger partial charge < -0.3 is 96.2 Å². The maximum atomic E-state index is 15.2. The Labute approximate surface area is 604 Å². The fourth-order valence-electron chi connectivity index (χ4n) is 12.5. The molecule has 544 valence electrons. The zero-order valence-electron chi connectivity index (χ0n) is 56.0. The van der Waals surface area contributed by atoms with E-state index in [0.717, 1.165) is 56.7 Å². The number of primary amides is 1. The number of cyclic esters (lactones) is 2. The lowest BCUT2D eigenvalue weighted by atomic mass is 9.85. The minimum atomic E-state index is -1.93. The molecule has 1 saturated heterocycles. The van der Waals surface area contributed by atoms with E-state index in [1.807, 2.05) is 0 Å². The minimum Gasteiger partial charge on any atom is -0.506 e. The molecule has 34 nitrogen and oxygen atoms in total. The standard InChI is InChI=1S/C64H69N15O19S5/c1-25(81)42-56(88)75-43(26(2)93-8)59-70-37(24-101-59)55(87)76-46-48-49(98-40-15-64(4,91)50(77(5)6)27(3)97-40)63(90)95-17-28-10-9-11-38-41(28)30(18-94-48)47(79(38)92)62(89)96-19-32(67-53(85)35-23-103-61(46)72-35)58-68-33(20-100-58)44-29(57-69-36(21-99-57)54(86)74-42)14-39(82)45(73-44)60-71-34(22-102-60)52(84)66-31(51(65)83)16-78(7)12-13-80/h9-11,14,20-25,27,31-32,40,42,46,48-50,80-82,91-92H,12-13,15-19H2,1-8H3,(H2,65,83)(H,66,84)(H,67,85)(H,74,86)(H,75,88)(H,76,87)/b43-26+/t25?,27-,31?,32?,40-,42?,46?,48?,49?,50+,64-/m0/s1. The van der Waals surface area contributed by atoms with Crippen LogP contribution >= 0.6 is 56.7 Å². The molecule has 103 heavy (non-hydrogen) atoms. The fourth-order valence-corrected chi connectivity index (χ4v) is 16.7. The Kier molecular flexibility index (Phi) is 21.5. The van der Waals surface area contributed by atoms with Crippen molar-refractivity contribution in [3.8, 4) is 38.4 Å². The summed E-state index contributed by atoms with van der Waals surface area (Å²) in [6, 6.07) is -0.606. The molecule has 12 rings (SSSR count). The van der Waals surface area contributed by atoms with Crippen LogP contribution in [0.25, 0.3) is 49.3 Å². The van der Waals surface area contributed by atoms with E-state index in [0.29, 0.717) is 10.3 Å². The fraction of sp³-hybridized carbons (Fsp3) is 0.406. The number of hydrogen-bond donors (Lipinski definition) is 11. The van der Waals surface area contributed by atoms with Crippen LogP contribution in [0.2, 0.25) is 0 Å². The van der Waals surface area contributed by atoms with Gasteiger partial charge in [0.25, 0.3) is 23.6 Å². The zero-order valence-corrected chi connectivity index (χ0v) is 60.1. The first-order valence-electron chi connectivity index (χ1n) is 31.7. The van der Waals surface area contributed by atoms with Crippen molar-refractivity contribution in [3.63, 3.8) is 0 Å². The van der Waals surface area contributed by atoms with Crippen molar-refractivity contribution in [2.45, 2.75) is 114 Å². The molecule has 12 N–H and O–H groups in total. The number of amides is 6. The quantitative estimate of drug-likeness (QED) is 0.0449. The minimum absolute atomic E-state index is 0.00527. The molecule has 4 aliphatic heterocycles. The summed E-state index contributed by atoms with van der Waals surface area (Å²) in [6.45, 7) is 4.10. The van der Waals surface area contributed by atoms with E-state index >= 15 is 19.2 Å². The number of methoxy groups -OCH3 is 1. The summed E-state index contributed by atoms with van der Waals surface area (Å²) in [4.78, 5) is 147. The van der Waals surface area contributed by atoms with Crippen LogP contribution in [0.5, 0.6) is 5.75 Å². The van der Waals surface area contributed by atoms with Gasteiger partial charge in [-0.3, -0.25) is 28.8 Å². The van der Waals surface area contributed by atoms with E-state index in [-0.39, 0.29) is 124 Å². The number of nitrogens with two attached hydrogens (primary N) is 1. The van der Waals surface area contributed by atoms with Crippen molar-refractivity contribution in [1.82, 2.24) is 71.0 Å². The highest BCUT2D eigenvalue weighted by Gasteiger charge is 2.50. The van der Waals surface area contributed by atoms with Crippen LogP contribution < -0.4 is 32.3 Å². The molecule has 1 fully saturated rings. The van der Waals surface area contributed by atoms with Crippen molar-refractivity contribution < 1.29 is 92.4 Å². The summed E-state index contributed by atoms with van der Waals surface area (Å²) < 4.78 is 38.3. The van der Waals surface area contributed by atoms with E-state index in [9.17, 15) is 44.8 Å². The first-order chi connectivity index (χ1) is 49.1. The Morgan fingerprint density at radius 1 is 0.854 bits per heavy atom. The van der Waals surface area contributed by atoms with Gasteiger partial charge in [-0.25, -0.2) is 39.5 Å². The molecule has 8 aromatic rings. The van der Waals surface area contributed by atoms with Crippen LogP contribution in [0, 0.1) is 0 Å². The Morgan fingerprint density at radius 3 is 2.23 bits per heavy atom. The lowest BCUT2D eigenvalue weighted by Gasteiger charge is -2.48. The molecular formula is C64H69N15O19S5. The Balaban J connectivity index is 1.02. The monoisotopic (exact) mass is 1510 g/mol. The summed E-state index contributed by atoms with van der Waals surface area (Å²) in [7, 11) is 6.45. The Hall–Kier alpha value is -9.36. The van der Waals surface area contributed by atoms with E-state index in [1.165, 1.54) is 60.0 Å². The number of carbonyl (C=O) groups excluding carboxylic acids is 8. The second-order valence-corrected chi connectivity index (χ2v) is 29.3. The molecule has 4 aliphatic rings. The highest BCUT2D eigenvalue weighted by atomic mass is 32.1. The lowest BCUT2D eigenvalue weighted by molar-refractivity contribution is -0.280. The maximum absolute atomic E-state index is 15.2. The smallest absolute Gasteiger partial charge is 0.358 e. The molecule has 11 atom stereocenters. The van der Waals surface area contributed by atoms with Gasteiger partial charge in [0.05, 0.1) is 49.7 Å². The molecule has 0 radical (unpaired) electrons. The molecule has 39 heteroatoms. The average molecular weight is 1510 g/mol. The first kappa shape index (κ1) is 73.4. The second-order valence-electron chi connectivity index (χ2n) is 24.9. The largest absolute Gasteiger partial charge is 0.506 e. The summed E-state index contributed by atoms with van der Waals surface area (Å²) in [5.74, 6) is -8.13. The maximum Gasteiger partial charge on any atom is 0.358 e. The number of thiazole rings is 5. The third-order valence-corrected chi connectivity index (χ3v) is 21.9. The van der Waals surface area contributed by atoms with Crippen molar-refractivity contribution in [3.05, 3.63) is 112 Å². The van der Waals surface area contributed by atoms with Gasteiger partial charge >= 0.3 is 11.9 Å². The van der Waals surface area contributed by atoms with Crippen molar-refractivity contribution in [2.75, 3.05) is 54.6 Å². The molecule has 1 aromatic carbocycles. The number of hydrogen-bond acceptors (Lipinski definition) is 32. The summed E-state index contributed by atoms with van der Waals surface area (Å²) in [5.41, 5.74) is 2.73. The van der Waals surface area contributed by atoms with Gasteiger partial charge in [0.15, 0.2) is 18.1 Å². The predicted molar refractivity (Wildman–Crippen MR) is 369 cm³/mol. The lowest BCUT2D eigenvalue weighted by Crippen LogP contribution is -2.62. The number of rotatable bonds is 13. The number of aromatic nitrogens is 7. The van der Waals surface area contributed by atoms with Gasteiger partial charge in [-0.15, -0.1) is 56.7 Å². The predicted octanol–water partition coefficient (Wildman–Crippen LogP) is 2.67. The molecule has 7 unspecified atom stereocenters. The molecule has 6 amide bonds. The number of carbonyl (C=O) groups is 8. The van der Waals surface area contributed by atoms with E-state index in [1.54, 1.807) is 56.9 Å². The van der Waals surface area contributed by atoms with Gasteiger partial charge in [-0.05, 0) is 66.5 Å². The summed E-state index contributed by atoms with van der Waals surface area (Å²) in [6.07, 6.45) is -7.59. The SMILES string of the molecule is CO/C(C)=C1/NC(=O)C(C(C)O)NC(=O)c2csc(n2)-c2cc(O)c(-c3nc(C(=O)NC(CN(C)CCO)C(N)=O)cs3)nc2-c2csc(n2)C2COC(=O)c3c4c5c(cccc5n3O)COC(=O)C(O[C@H]3C[C@](C)(O)[C@H](N(C)C)[C@H](C)O3)C(OC4)C(NC(=O)c3csc1n3)c1nc(cs1)C(=O)N2. The van der Waals surface area contributed by atoms with E-state index < -0.39 is 145 Å². The number of benzene rings is 1. The van der Waals surface area contributed by atoms with Crippen molar-refractivity contribution in [2.24, 2.45) is 5.73 Å². The Morgan fingerprint density at radius 2 is 1.52 bits per heavy atom. The number of aliphatic hydroxyl groups is 3. The number of aliphatic hydroxyl groups excluding tert-OH is 2. The second kappa shape index (κ2) is 30.1. The van der Waals surface area contributed by atoms with E-state index in [4.69, 9.17) is 49.1 Å². The average Bonchev–Trinajstić information content (AvgIpc) is 1.68. The number of likely N-dealkylation sites (N-methyl/N-ethyl adjacent to an activating group) is 2. The van der Waals surface area contributed by atoms with Gasteiger partial charge in [-0.1, -0.05) is 12.1 Å². The number of aromatic hydroxyl groups is 1. The zero-order chi connectivity index (χ0) is 73.6. The number of pyridine rings is 1. The van der Waals surface area contributed by atoms with Crippen LogP contribution in [0.15, 0.2) is 56.9 Å². The van der Waals surface area contributed by atoms with Crippen LogP contribution in [0.3, 0.4) is 0 Å². The highest BCUT2D eigenvalue weighted by molar-refractivity contribution is 7.14. The summed E-state index contributed by atoms with van der Waals surface area (Å²) in [5, 5.41) is 77.4. The van der Waals surface area contributed by atoms with E-state index in [2.05, 4.69) is 41.5 Å². The molecular weight excluding hydrogens is 1440 g/mol. The normalized spacial score (nSPS) is 23.9. The third kappa shape index (κ3) is 15.1. The molecule has 7 aromatic heterocycles. The van der Waals surface area contributed by atoms with Crippen LogP contribution in [0.1, 0.15) is 125 Å². The van der Waals surface area contributed by atoms with Gasteiger partial charge in [0.2, 0.25) is 11.8 Å². The Bertz CT molecular complexity index is 4670. The molecule has 0 saturated carbocycles. The van der Waals surface area contributed by atoms with Crippen LogP contribution in [0.4, 0.5) is 0 Å². The van der Waals surface area contributed by atoms with Gasteiger partial charge in [-0.2, -0.15) is 4.73 Å². The van der Waals surface area contributed by atoms with Crippen LogP contribution in [-0.2, 0) is 56.0 Å². The van der Waals surface area contributed by atoms with Crippen molar-refractivity contribution >= 4 is 121 Å². The topological polar surface area (TPSA) is 468 Å². The number of nitrogens with zero attached hydrogens (tertiary/aromatic N) is 9. The first-order valence-corrected chi connectivity index (χ1v) is 36.1. The molecule has 12 bridgehead atoms. The number of allylic oxidation sites excluding steroid dienone is 1.